The molecule has 28 heavy (non-hydrogen) atoms. The lowest BCUT2D eigenvalue weighted by atomic mass is 9.96. The topological polar surface area (TPSA) is 87.5 Å². The zero-order chi connectivity index (χ0) is 19.5. The quantitative estimate of drug-likeness (QED) is 0.763. The van der Waals surface area contributed by atoms with Crippen LogP contribution in [0.1, 0.15) is 35.2 Å². The van der Waals surface area contributed by atoms with Crippen LogP contribution in [0.2, 0.25) is 0 Å². The number of amides is 2. The second kappa shape index (κ2) is 7.92. The molecule has 0 aliphatic carbocycles. The van der Waals surface area contributed by atoms with Gasteiger partial charge in [-0.15, -0.1) is 0 Å². The number of rotatable bonds is 4. The van der Waals surface area contributed by atoms with Gasteiger partial charge in [-0.1, -0.05) is 12.1 Å². The first-order valence-corrected chi connectivity index (χ1v) is 9.93. The van der Waals surface area contributed by atoms with Crippen molar-refractivity contribution in [3.8, 4) is 0 Å². The average molecular weight is 378 g/mol. The van der Waals surface area contributed by atoms with E-state index < -0.39 is 0 Å². The maximum Gasteiger partial charge on any atom is 0.255 e. The number of hydrogen-bond donors (Lipinski definition) is 3. The number of carbonyl (C=O) groups excluding carboxylic acids is 2. The summed E-state index contributed by atoms with van der Waals surface area (Å²) in [6.07, 6.45) is 3.57. The zero-order valence-electron chi connectivity index (χ0n) is 15.9. The fraction of sp³-hybridized carbons (Fsp3) is 0.364. The van der Waals surface area contributed by atoms with Crippen molar-refractivity contribution >= 4 is 28.9 Å². The van der Waals surface area contributed by atoms with Gasteiger partial charge in [0.2, 0.25) is 5.91 Å². The molecule has 0 radical (unpaired) electrons. The van der Waals surface area contributed by atoms with Gasteiger partial charge in [0.05, 0.1) is 11.4 Å². The van der Waals surface area contributed by atoms with Gasteiger partial charge in [0, 0.05) is 36.8 Å². The monoisotopic (exact) mass is 378 g/mol. The number of nitrogens with two attached hydrogens (primary N) is 1. The van der Waals surface area contributed by atoms with E-state index in [0.717, 1.165) is 62.4 Å². The number of primary amides is 1. The van der Waals surface area contributed by atoms with Gasteiger partial charge in [-0.05, 0) is 61.6 Å². The van der Waals surface area contributed by atoms with Crippen LogP contribution in [0.3, 0.4) is 0 Å². The fourth-order valence-corrected chi connectivity index (χ4v) is 4.07. The Balaban J connectivity index is 1.50. The summed E-state index contributed by atoms with van der Waals surface area (Å²) in [7, 11) is 0. The number of fused-ring (bicyclic) bond motifs is 1. The van der Waals surface area contributed by atoms with Crippen molar-refractivity contribution in [2.45, 2.75) is 25.7 Å². The van der Waals surface area contributed by atoms with E-state index in [1.165, 1.54) is 5.56 Å². The molecule has 2 amide bonds. The highest BCUT2D eigenvalue weighted by Gasteiger charge is 2.24. The number of nitrogens with zero attached hydrogens (tertiary/aromatic N) is 1. The lowest BCUT2D eigenvalue weighted by Crippen LogP contribution is -2.38. The van der Waals surface area contributed by atoms with Gasteiger partial charge in [-0.25, -0.2) is 0 Å². The van der Waals surface area contributed by atoms with Crippen LogP contribution in [0.5, 0.6) is 0 Å². The molecule has 4 rings (SSSR count). The van der Waals surface area contributed by atoms with Gasteiger partial charge in [-0.2, -0.15) is 0 Å². The van der Waals surface area contributed by atoms with Crippen molar-refractivity contribution < 1.29 is 9.59 Å². The molecule has 2 aromatic rings. The van der Waals surface area contributed by atoms with Crippen LogP contribution in [-0.2, 0) is 11.2 Å². The first kappa shape index (κ1) is 18.3. The summed E-state index contributed by atoms with van der Waals surface area (Å²) in [5.74, 6) is -0.377. The molecular formula is C22H26N4O2. The van der Waals surface area contributed by atoms with Crippen LogP contribution in [0, 0.1) is 5.92 Å². The number of anilines is 3. The maximum absolute atomic E-state index is 12.9. The van der Waals surface area contributed by atoms with Gasteiger partial charge < -0.3 is 21.3 Å². The summed E-state index contributed by atoms with van der Waals surface area (Å²) in [6.45, 7) is 2.49. The van der Waals surface area contributed by atoms with Crippen LogP contribution in [0.4, 0.5) is 17.1 Å². The van der Waals surface area contributed by atoms with Crippen LogP contribution >= 0.6 is 0 Å². The summed E-state index contributed by atoms with van der Waals surface area (Å²) in [6, 6.07) is 13.7. The van der Waals surface area contributed by atoms with Crippen LogP contribution in [0.15, 0.2) is 42.5 Å². The molecular weight excluding hydrogens is 352 g/mol. The van der Waals surface area contributed by atoms with Gasteiger partial charge in [0.25, 0.3) is 5.91 Å². The van der Waals surface area contributed by atoms with E-state index in [-0.39, 0.29) is 17.7 Å². The van der Waals surface area contributed by atoms with E-state index in [4.69, 9.17) is 5.73 Å². The Morgan fingerprint density at radius 1 is 1.11 bits per heavy atom. The lowest BCUT2D eigenvalue weighted by Gasteiger charge is -2.33. The molecule has 6 nitrogen and oxygen atoms in total. The van der Waals surface area contributed by atoms with E-state index in [1.54, 1.807) is 0 Å². The molecule has 1 fully saturated rings. The first-order chi connectivity index (χ1) is 13.6. The second-order valence-electron chi connectivity index (χ2n) is 7.54. The van der Waals surface area contributed by atoms with Crippen LogP contribution < -0.4 is 21.3 Å². The fourth-order valence-electron chi connectivity index (χ4n) is 4.07. The van der Waals surface area contributed by atoms with Crippen molar-refractivity contribution in [1.82, 2.24) is 0 Å². The largest absolute Gasteiger partial charge is 0.385 e. The Hall–Kier alpha value is -3.02. The summed E-state index contributed by atoms with van der Waals surface area (Å²) in [5, 5.41) is 6.44. The molecule has 0 saturated carbocycles. The number of piperidine rings is 1. The van der Waals surface area contributed by atoms with E-state index >= 15 is 0 Å². The maximum atomic E-state index is 12.9. The Morgan fingerprint density at radius 3 is 2.68 bits per heavy atom. The van der Waals surface area contributed by atoms with Crippen LogP contribution in [-0.4, -0.2) is 31.4 Å². The van der Waals surface area contributed by atoms with E-state index in [1.807, 2.05) is 42.5 Å². The number of nitrogens with one attached hydrogen (secondary N) is 2. The van der Waals surface area contributed by atoms with Gasteiger partial charge in [-0.3, -0.25) is 9.59 Å². The molecule has 0 bridgehead atoms. The number of para-hydroxylation sites is 2. The van der Waals surface area contributed by atoms with Crippen molar-refractivity contribution in [3.63, 3.8) is 0 Å². The number of aryl methyl sites for hydroxylation is 1. The number of benzene rings is 2. The van der Waals surface area contributed by atoms with E-state index in [2.05, 4.69) is 15.5 Å². The van der Waals surface area contributed by atoms with Gasteiger partial charge in [0.15, 0.2) is 0 Å². The molecule has 0 atom stereocenters. The first-order valence-electron chi connectivity index (χ1n) is 9.93. The zero-order valence-corrected chi connectivity index (χ0v) is 15.9. The third kappa shape index (κ3) is 3.81. The SMILES string of the molecule is NC(=O)C1CCN(c2ccccc2NC(=O)c2ccc3c(c2)CCCN3)CC1. The Morgan fingerprint density at radius 2 is 1.89 bits per heavy atom. The van der Waals surface area contributed by atoms with E-state index in [0.29, 0.717) is 5.56 Å². The lowest BCUT2D eigenvalue weighted by molar-refractivity contribution is -0.122. The van der Waals surface area contributed by atoms with Crippen molar-refractivity contribution in [3.05, 3.63) is 53.6 Å². The standard InChI is InChI=1S/C22H26N4O2/c23-21(27)15-9-12-26(13-10-15)20-6-2-1-5-19(20)25-22(28)17-7-8-18-16(14-17)4-3-11-24-18/h1-2,5-8,14-15,24H,3-4,9-13H2,(H2,23,27)(H,25,28). The molecule has 2 aliphatic rings. The van der Waals surface area contributed by atoms with Gasteiger partial charge >= 0.3 is 0 Å². The molecule has 2 heterocycles. The molecule has 6 heteroatoms. The summed E-state index contributed by atoms with van der Waals surface area (Å²) < 4.78 is 0. The minimum absolute atomic E-state index is 0.0536. The third-order valence-corrected chi connectivity index (χ3v) is 5.70. The molecule has 0 aromatic heterocycles. The molecule has 2 aliphatic heterocycles. The van der Waals surface area contributed by atoms with Crippen molar-refractivity contribution in [2.75, 3.05) is 35.2 Å². The normalized spacial score (nSPS) is 16.8. The Labute approximate surface area is 165 Å². The predicted octanol–water partition coefficient (Wildman–Crippen LogP) is 3.00. The predicted molar refractivity (Wildman–Crippen MR) is 112 cm³/mol. The minimum atomic E-state index is -0.219. The summed E-state index contributed by atoms with van der Waals surface area (Å²) >= 11 is 0. The van der Waals surface area contributed by atoms with Crippen molar-refractivity contribution in [2.24, 2.45) is 11.7 Å². The van der Waals surface area contributed by atoms with Crippen LogP contribution in [0.25, 0.3) is 0 Å². The van der Waals surface area contributed by atoms with Crippen molar-refractivity contribution in [1.29, 1.82) is 0 Å². The second-order valence-corrected chi connectivity index (χ2v) is 7.54. The smallest absolute Gasteiger partial charge is 0.255 e. The number of carbonyl (C=O) groups is 2. The minimum Gasteiger partial charge on any atom is -0.385 e. The summed E-state index contributed by atoms with van der Waals surface area (Å²) in [4.78, 5) is 26.5. The highest BCUT2D eigenvalue weighted by Crippen LogP contribution is 2.30. The molecule has 146 valence electrons. The molecule has 0 spiro atoms. The average Bonchev–Trinajstić information content (AvgIpc) is 2.74. The Kier molecular flexibility index (Phi) is 5.19. The molecule has 1 saturated heterocycles. The molecule has 0 unspecified atom stereocenters. The molecule has 4 N–H and O–H groups in total. The number of hydrogen-bond acceptors (Lipinski definition) is 4. The van der Waals surface area contributed by atoms with Gasteiger partial charge in [0.1, 0.15) is 0 Å². The Bertz CT molecular complexity index is 888. The summed E-state index contributed by atoms with van der Waals surface area (Å²) in [5.41, 5.74) is 10.2. The van der Waals surface area contributed by atoms with E-state index in [9.17, 15) is 9.59 Å². The highest BCUT2D eigenvalue weighted by molar-refractivity contribution is 6.06. The molecule has 2 aromatic carbocycles. The third-order valence-electron chi connectivity index (χ3n) is 5.70. The highest BCUT2D eigenvalue weighted by atomic mass is 16.2.